The molecule has 0 saturated heterocycles. The minimum Gasteiger partial charge on any atom is -0.411 e. The molecule has 0 aliphatic carbocycles. The molecule has 0 aromatic heterocycles. The van der Waals surface area contributed by atoms with E-state index in [0.29, 0.717) is 12.1 Å². The molecule has 1 atom stereocenters. The van der Waals surface area contributed by atoms with Crippen molar-refractivity contribution in [2.75, 3.05) is 0 Å². The van der Waals surface area contributed by atoms with E-state index >= 15 is 0 Å². The lowest BCUT2D eigenvalue weighted by atomic mass is 10.2. The van der Waals surface area contributed by atoms with Gasteiger partial charge in [-0.05, 0) is 42.0 Å². The van der Waals surface area contributed by atoms with Crippen molar-refractivity contribution in [3.8, 4) is 0 Å². The lowest BCUT2D eigenvalue weighted by Gasteiger charge is -2.54. The lowest BCUT2D eigenvalue weighted by Crippen LogP contribution is -2.57. The second-order valence-corrected chi connectivity index (χ2v) is 15.3. The number of hydrogen-bond donors (Lipinski definition) is 0. The molecule has 1 rings (SSSR count). The van der Waals surface area contributed by atoms with Gasteiger partial charge >= 0.3 is 0 Å². The van der Waals surface area contributed by atoms with E-state index in [1.807, 2.05) is 0 Å². The van der Waals surface area contributed by atoms with Crippen molar-refractivity contribution in [1.82, 2.24) is 0 Å². The Bertz CT molecular complexity index is 552. The van der Waals surface area contributed by atoms with Crippen molar-refractivity contribution < 1.29 is 4.43 Å². The van der Waals surface area contributed by atoms with Gasteiger partial charge in [-0.3, -0.25) is 0 Å². The summed E-state index contributed by atoms with van der Waals surface area (Å²) < 4.78 is 7.03. The van der Waals surface area contributed by atoms with Crippen molar-refractivity contribution in [2.24, 2.45) is 0 Å². The van der Waals surface area contributed by atoms with E-state index in [9.17, 15) is 0 Å². The Labute approximate surface area is 158 Å². The maximum Gasteiger partial charge on any atom is 0.210 e. The molecule has 142 valence electrons. The third-order valence-electron chi connectivity index (χ3n) is 5.31. The molecule has 0 aliphatic heterocycles. The maximum absolute atomic E-state index is 7.03. The van der Waals surface area contributed by atoms with Crippen LogP contribution in [-0.2, 0) is 11.0 Å². The fourth-order valence-electron chi connectivity index (χ4n) is 4.58. The van der Waals surface area contributed by atoms with Crippen molar-refractivity contribution in [2.45, 2.75) is 97.9 Å². The molecule has 1 unspecified atom stereocenters. The van der Waals surface area contributed by atoms with Gasteiger partial charge in [-0.15, -0.1) is 0 Å². The van der Waals surface area contributed by atoms with E-state index in [-0.39, 0.29) is 10.1 Å². The Morgan fingerprint density at radius 2 is 1.48 bits per heavy atom. The monoisotopic (exact) mass is 360 g/mol. The lowest BCUT2D eigenvalue weighted by molar-refractivity contribution is 0.237. The highest BCUT2D eigenvalue weighted by molar-refractivity contribution is 6.81. The van der Waals surface area contributed by atoms with Crippen LogP contribution in [0.1, 0.15) is 79.9 Å². The maximum atomic E-state index is 7.03. The summed E-state index contributed by atoms with van der Waals surface area (Å²) >= 11 is 0. The molecule has 0 fully saturated rings. The van der Waals surface area contributed by atoms with Gasteiger partial charge in [-0.25, -0.2) is 0 Å². The molecule has 0 aliphatic rings. The average molecular weight is 361 g/mol. The smallest absolute Gasteiger partial charge is 0.210 e. The fourth-order valence-corrected chi connectivity index (χ4v) is 11.7. The molecule has 0 heterocycles. The quantitative estimate of drug-likeness (QED) is 0.371. The van der Waals surface area contributed by atoms with Crippen LogP contribution in [0.3, 0.4) is 0 Å². The standard InChI is InChI=1S/C23H40OSi/c1-11-21(16-18(2)3)25(22(5,6)7,23(8,9)10)24-17-20-14-12-19(4)13-15-20/h12-16,21H,11,17H2,1-10H3. The van der Waals surface area contributed by atoms with Crippen LogP contribution in [0.2, 0.25) is 15.6 Å². The van der Waals surface area contributed by atoms with E-state index in [4.69, 9.17) is 4.43 Å². The molecule has 2 heteroatoms. The first-order chi connectivity index (χ1) is 11.3. The summed E-state index contributed by atoms with van der Waals surface area (Å²) in [6.07, 6.45) is 3.62. The number of aryl methyl sites for hydroxylation is 1. The van der Waals surface area contributed by atoms with Crippen LogP contribution >= 0.6 is 0 Å². The number of rotatable bonds is 6. The third kappa shape index (κ3) is 5.07. The van der Waals surface area contributed by atoms with Crippen LogP contribution in [0.5, 0.6) is 0 Å². The fraction of sp³-hybridized carbons (Fsp3) is 0.652. The van der Waals surface area contributed by atoms with E-state index in [0.717, 1.165) is 6.42 Å². The topological polar surface area (TPSA) is 9.23 Å². The molecule has 0 spiro atoms. The zero-order valence-corrected chi connectivity index (χ0v) is 19.3. The van der Waals surface area contributed by atoms with Gasteiger partial charge in [0.25, 0.3) is 0 Å². The van der Waals surface area contributed by atoms with Crippen molar-refractivity contribution in [3.63, 3.8) is 0 Å². The van der Waals surface area contributed by atoms with Crippen LogP contribution in [0.25, 0.3) is 0 Å². The predicted octanol–water partition coefficient (Wildman–Crippen LogP) is 7.80. The first-order valence-electron chi connectivity index (χ1n) is 9.69. The van der Waals surface area contributed by atoms with Gasteiger partial charge in [-0.2, -0.15) is 0 Å². The highest BCUT2D eigenvalue weighted by Crippen LogP contribution is 2.59. The molecule has 0 N–H and O–H groups in total. The number of benzene rings is 1. The minimum atomic E-state index is -2.16. The van der Waals surface area contributed by atoms with Gasteiger partial charge in [0, 0.05) is 0 Å². The van der Waals surface area contributed by atoms with Gasteiger partial charge in [0.1, 0.15) is 0 Å². The summed E-state index contributed by atoms with van der Waals surface area (Å²) in [6.45, 7) is 23.9. The highest BCUT2D eigenvalue weighted by atomic mass is 28.4. The third-order valence-corrected chi connectivity index (χ3v) is 12.0. The zero-order chi connectivity index (χ0) is 19.5. The number of allylic oxidation sites excluding steroid dienone is 2. The van der Waals surface area contributed by atoms with E-state index in [1.54, 1.807) is 0 Å². The predicted molar refractivity (Wildman–Crippen MR) is 115 cm³/mol. The van der Waals surface area contributed by atoms with Crippen molar-refractivity contribution in [3.05, 3.63) is 47.0 Å². The van der Waals surface area contributed by atoms with Crippen LogP contribution in [0.15, 0.2) is 35.9 Å². The molecule has 0 amide bonds. The van der Waals surface area contributed by atoms with Gasteiger partial charge in [0.05, 0.1) is 6.61 Å². The van der Waals surface area contributed by atoms with Crippen LogP contribution in [-0.4, -0.2) is 8.32 Å². The highest BCUT2D eigenvalue weighted by Gasteiger charge is 2.58. The van der Waals surface area contributed by atoms with E-state index in [2.05, 4.69) is 99.6 Å². The first-order valence-corrected chi connectivity index (χ1v) is 11.7. The SMILES string of the molecule is CCC(C=C(C)C)[Si](OCc1ccc(C)cc1)(C(C)(C)C)C(C)(C)C. The molecule has 1 nitrogen and oxygen atoms in total. The molecule has 25 heavy (non-hydrogen) atoms. The minimum absolute atomic E-state index is 0.155. The van der Waals surface area contributed by atoms with E-state index in [1.165, 1.54) is 16.7 Å². The summed E-state index contributed by atoms with van der Waals surface area (Å²) in [6, 6.07) is 8.79. The molecular weight excluding hydrogens is 320 g/mol. The van der Waals surface area contributed by atoms with Crippen LogP contribution < -0.4 is 0 Å². The zero-order valence-electron chi connectivity index (χ0n) is 18.3. The Balaban J connectivity index is 3.38. The normalized spacial score (nSPS) is 14.3. The Kier molecular flexibility index (Phi) is 7.29. The summed E-state index contributed by atoms with van der Waals surface area (Å²) in [4.78, 5) is 0. The first kappa shape index (κ1) is 22.2. The largest absolute Gasteiger partial charge is 0.411 e. The average Bonchev–Trinajstić information content (AvgIpc) is 2.45. The summed E-state index contributed by atoms with van der Waals surface area (Å²) in [5.41, 5.74) is 4.50. The van der Waals surface area contributed by atoms with E-state index < -0.39 is 8.32 Å². The molecule has 1 aromatic rings. The second kappa shape index (κ2) is 8.22. The summed E-state index contributed by atoms with van der Waals surface area (Å²) in [5.74, 6) is 0. The van der Waals surface area contributed by atoms with Gasteiger partial charge in [-0.1, -0.05) is 96.4 Å². The summed E-state index contributed by atoms with van der Waals surface area (Å²) in [7, 11) is -2.16. The Morgan fingerprint density at radius 3 is 1.84 bits per heavy atom. The second-order valence-electron chi connectivity index (χ2n) is 9.77. The van der Waals surface area contributed by atoms with Gasteiger partial charge < -0.3 is 4.43 Å². The Hall–Kier alpha value is -0.863. The van der Waals surface area contributed by atoms with Crippen molar-refractivity contribution in [1.29, 1.82) is 0 Å². The summed E-state index contributed by atoms with van der Waals surface area (Å²) in [5, 5.41) is 0.311. The van der Waals surface area contributed by atoms with Gasteiger partial charge in [0.15, 0.2) is 0 Å². The molecular formula is C23H40OSi. The molecule has 0 bridgehead atoms. The number of hydrogen-bond acceptors (Lipinski definition) is 1. The molecule has 0 radical (unpaired) electrons. The Morgan fingerprint density at radius 1 is 1.00 bits per heavy atom. The van der Waals surface area contributed by atoms with Crippen LogP contribution in [0.4, 0.5) is 0 Å². The molecule has 0 saturated carbocycles. The van der Waals surface area contributed by atoms with Crippen LogP contribution in [0, 0.1) is 6.92 Å². The molecule has 1 aromatic carbocycles. The van der Waals surface area contributed by atoms with Crippen molar-refractivity contribution >= 4 is 8.32 Å². The van der Waals surface area contributed by atoms with Gasteiger partial charge in [0.2, 0.25) is 8.32 Å².